The number of halogens is 1. The molecule has 1 N–H and O–H groups in total. The van der Waals surface area contributed by atoms with Gasteiger partial charge in [0.1, 0.15) is 12.0 Å². The standard InChI is InChI=1S/C29H26FN3O7S/c1-37-28(36)39-15-38-26-22(34)11-21(33-25(26)27(35)32-14-29(8-9-29)40-12-24(32)31-33)17-6-7-20(30)19-13-41-23-5-3-2-4-16(23)10-18(17)19/h2-7,11,24,31H,8-10,12-15H2,1H3/t24-/m0/s1. The van der Waals surface area contributed by atoms with Crippen molar-refractivity contribution in [2.75, 3.05) is 32.5 Å². The third kappa shape index (κ3) is 4.41. The lowest BCUT2D eigenvalue weighted by atomic mass is 9.92. The first kappa shape index (κ1) is 25.9. The van der Waals surface area contributed by atoms with E-state index in [2.05, 4.69) is 10.2 Å². The second-order valence-corrected chi connectivity index (χ2v) is 11.5. The Bertz CT molecular complexity index is 1650. The van der Waals surface area contributed by atoms with Crippen LogP contribution in [0.3, 0.4) is 0 Å². The molecule has 1 aliphatic carbocycles. The Labute approximate surface area is 238 Å². The van der Waals surface area contributed by atoms with Gasteiger partial charge in [-0.2, -0.15) is 0 Å². The Kier molecular flexibility index (Phi) is 6.20. The zero-order valence-corrected chi connectivity index (χ0v) is 22.9. The maximum atomic E-state index is 15.2. The van der Waals surface area contributed by atoms with Gasteiger partial charge < -0.3 is 29.3 Å². The quantitative estimate of drug-likeness (QED) is 0.364. The number of benzene rings is 2. The topological polar surface area (TPSA) is 108 Å². The number of fused-ring (bicyclic) bond motifs is 4. The second kappa shape index (κ2) is 9.81. The number of carbonyl (C=O) groups is 2. The first-order chi connectivity index (χ1) is 19.9. The summed E-state index contributed by atoms with van der Waals surface area (Å²) in [6.45, 7) is 0.0157. The predicted molar refractivity (Wildman–Crippen MR) is 146 cm³/mol. The monoisotopic (exact) mass is 579 g/mol. The van der Waals surface area contributed by atoms with Crippen molar-refractivity contribution >= 4 is 23.8 Å². The minimum atomic E-state index is -0.990. The number of ether oxygens (including phenoxy) is 4. The van der Waals surface area contributed by atoms with Gasteiger partial charge in [-0.05, 0) is 48.6 Å². The number of nitrogens with one attached hydrogen (secondary N) is 1. The minimum Gasteiger partial charge on any atom is -0.451 e. The van der Waals surface area contributed by atoms with Crippen molar-refractivity contribution in [2.24, 2.45) is 0 Å². The van der Waals surface area contributed by atoms with Crippen LogP contribution < -0.4 is 15.6 Å². The maximum absolute atomic E-state index is 15.2. The number of methoxy groups -OCH3 is 1. The van der Waals surface area contributed by atoms with Crippen LogP contribution in [0.25, 0.3) is 11.3 Å². The maximum Gasteiger partial charge on any atom is 0.510 e. The van der Waals surface area contributed by atoms with Crippen molar-refractivity contribution in [1.29, 1.82) is 0 Å². The van der Waals surface area contributed by atoms with Crippen LogP contribution in [0.4, 0.5) is 9.18 Å². The summed E-state index contributed by atoms with van der Waals surface area (Å²) in [4.78, 5) is 41.8. The van der Waals surface area contributed by atoms with Gasteiger partial charge in [0.15, 0.2) is 5.69 Å². The van der Waals surface area contributed by atoms with Gasteiger partial charge in [-0.3, -0.25) is 9.59 Å². The lowest BCUT2D eigenvalue weighted by molar-refractivity contribution is -0.0665. The van der Waals surface area contributed by atoms with Gasteiger partial charge in [0.25, 0.3) is 5.91 Å². The fourth-order valence-electron chi connectivity index (χ4n) is 5.71. The smallest absolute Gasteiger partial charge is 0.451 e. The number of nitrogens with zero attached hydrogens (tertiary/aromatic N) is 2. The zero-order chi connectivity index (χ0) is 28.3. The number of thioether (sulfide) groups is 1. The van der Waals surface area contributed by atoms with E-state index in [4.69, 9.17) is 14.2 Å². The molecule has 0 radical (unpaired) electrons. The molecular weight excluding hydrogens is 553 g/mol. The van der Waals surface area contributed by atoms with Gasteiger partial charge in [-0.1, -0.05) is 18.2 Å². The summed E-state index contributed by atoms with van der Waals surface area (Å²) in [6, 6.07) is 12.3. The number of morpholine rings is 1. The Morgan fingerprint density at radius 1 is 1.20 bits per heavy atom. The van der Waals surface area contributed by atoms with Crippen molar-refractivity contribution in [1.82, 2.24) is 9.58 Å². The highest BCUT2D eigenvalue weighted by Crippen LogP contribution is 2.45. The van der Waals surface area contributed by atoms with Gasteiger partial charge in [0, 0.05) is 27.8 Å². The number of carbonyl (C=O) groups excluding carboxylic acids is 2. The van der Waals surface area contributed by atoms with Crippen LogP contribution >= 0.6 is 11.8 Å². The summed E-state index contributed by atoms with van der Waals surface area (Å²) in [5.74, 6) is -0.576. The van der Waals surface area contributed by atoms with Gasteiger partial charge >= 0.3 is 6.16 Å². The molecule has 41 heavy (non-hydrogen) atoms. The van der Waals surface area contributed by atoms with Gasteiger partial charge in [0.05, 0.1) is 31.6 Å². The Hall–Kier alpha value is -4.03. The predicted octanol–water partition coefficient (Wildman–Crippen LogP) is 3.86. The van der Waals surface area contributed by atoms with Gasteiger partial charge in [-0.25, -0.2) is 13.9 Å². The number of pyridine rings is 1. The fourth-order valence-corrected chi connectivity index (χ4v) is 6.82. The molecule has 0 unspecified atom stereocenters. The second-order valence-electron chi connectivity index (χ2n) is 10.5. The SMILES string of the molecule is COC(=O)OCOc1c2n(c(-c3ccc(F)c4c3Cc3ccccc3SC4)cc1=O)N[C@@H]1COC3(CC3)CN1C2=O. The van der Waals surface area contributed by atoms with E-state index in [0.29, 0.717) is 35.5 Å². The molecule has 2 fully saturated rings. The Morgan fingerprint density at radius 2 is 2.02 bits per heavy atom. The Balaban J connectivity index is 1.38. The van der Waals surface area contributed by atoms with Crippen molar-refractivity contribution < 1.29 is 32.9 Å². The molecule has 212 valence electrons. The lowest BCUT2D eigenvalue weighted by Gasteiger charge is -2.45. The van der Waals surface area contributed by atoms with Crippen LogP contribution in [-0.2, 0) is 26.4 Å². The summed E-state index contributed by atoms with van der Waals surface area (Å²) < 4.78 is 37.7. The molecule has 1 amide bonds. The molecule has 10 nitrogen and oxygen atoms in total. The van der Waals surface area contributed by atoms with E-state index < -0.39 is 30.5 Å². The summed E-state index contributed by atoms with van der Waals surface area (Å²) >= 11 is 1.57. The fraction of sp³-hybridized carbons (Fsp3) is 0.345. The molecule has 4 heterocycles. The molecule has 1 saturated carbocycles. The average molecular weight is 580 g/mol. The number of hydrogen-bond donors (Lipinski definition) is 1. The highest BCUT2D eigenvalue weighted by molar-refractivity contribution is 7.98. The summed E-state index contributed by atoms with van der Waals surface area (Å²) in [5.41, 5.74) is 5.74. The molecular formula is C29H26FN3O7S. The van der Waals surface area contributed by atoms with Crippen LogP contribution in [0.15, 0.2) is 52.2 Å². The molecule has 1 saturated heterocycles. The first-order valence-corrected chi connectivity index (χ1v) is 14.2. The van der Waals surface area contributed by atoms with E-state index in [0.717, 1.165) is 36.0 Å². The van der Waals surface area contributed by atoms with E-state index in [1.165, 1.54) is 16.8 Å². The highest BCUT2D eigenvalue weighted by atomic mass is 32.2. The van der Waals surface area contributed by atoms with Crippen LogP contribution in [0.5, 0.6) is 5.75 Å². The molecule has 1 atom stereocenters. The van der Waals surface area contributed by atoms with Crippen LogP contribution in [-0.4, -0.2) is 60.5 Å². The number of amides is 1. The average Bonchev–Trinajstić information content (AvgIpc) is 3.76. The molecule has 0 bridgehead atoms. The van der Waals surface area contributed by atoms with E-state index in [-0.39, 0.29) is 29.5 Å². The van der Waals surface area contributed by atoms with Crippen LogP contribution in [0.1, 0.15) is 40.0 Å². The van der Waals surface area contributed by atoms with Gasteiger partial charge in [-0.15, -0.1) is 11.8 Å². The molecule has 3 aliphatic heterocycles. The highest BCUT2D eigenvalue weighted by Gasteiger charge is 2.53. The zero-order valence-electron chi connectivity index (χ0n) is 22.1. The van der Waals surface area contributed by atoms with E-state index in [1.807, 2.05) is 24.3 Å². The van der Waals surface area contributed by atoms with Crippen molar-refractivity contribution in [3.8, 4) is 17.0 Å². The number of hydrogen-bond acceptors (Lipinski definition) is 9. The summed E-state index contributed by atoms with van der Waals surface area (Å²) in [5, 5.41) is 0. The number of rotatable bonds is 4. The van der Waals surface area contributed by atoms with Crippen molar-refractivity contribution in [2.45, 2.75) is 41.7 Å². The van der Waals surface area contributed by atoms with Crippen LogP contribution in [0, 0.1) is 5.82 Å². The Morgan fingerprint density at radius 3 is 2.83 bits per heavy atom. The molecule has 1 spiro atoms. The van der Waals surface area contributed by atoms with Crippen molar-refractivity contribution in [3.05, 3.63) is 80.9 Å². The van der Waals surface area contributed by atoms with E-state index >= 15 is 4.39 Å². The lowest BCUT2D eigenvalue weighted by Crippen LogP contribution is -2.62. The summed E-state index contributed by atoms with van der Waals surface area (Å²) in [6.07, 6.45) is 0.685. The molecule has 1 aromatic heterocycles. The molecule has 4 aliphatic rings. The van der Waals surface area contributed by atoms with Gasteiger partial charge in [0.2, 0.25) is 18.0 Å². The van der Waals surface area contributed by atoms with Crippen LogP contribution in [0.2, 0.25) is 0 Å². The third-order valence-corrected chi connectivity index (χ3v) is 9.15. The normalized spacial score (nSPS) is 19.6. The molecule has 3 aromatic rings. The van der Waals surface area contributed by atoms with E-state index in [1.54, 1.807) is 22.7 Å². The molecule has 7 rings (SSSR count). The largest absolute Gasteiger partial charge is 0.510 e. The molecule has 2 aromatic carbocycles. The van der Waals surface area contributed by atoms with E-state index in [9.17, 15) is 14.4 Å². The summed E-state index contributed by atoms with van der Waals surface area (Å²) in [7, 11) is 1.15. The van der Waals surface area contributed by atoms with Crippen molar-refractivity contribution in [3.63, 3.8) is 0 Å². The minimum absolute atomic E-state index is 0.0311. The number of aromatic nitrogens is 1. The molecule has 12 heteroatoms. The first-order valence-electron chi connectivity index (χ1n) is 13.2. The third-order valence-electron chi connectivity index (χ3n) is 8.01.